The number of benzene rings is 2. The molecular formula is C26H29ClF3N5O. The Hall–Kier alpha value is -2.91. The number of nitrogens with zero attached hydrogens (tertiary/aromatic N) is 4. The van der Waals surface area contributed by atoms with Crippen LogP contribution in [0, 0.1) is 23.4 Å². The summed E-state index contributed by atoms with van der Waals surface area (Å²) in [6, 6.07) is 11.1. The minimum atomic E-state index is -1.24. The van der Waals surface area contributed by atoms with Gasteiger partial charge in [-0.1, -0.05) is 30.3 Å². The fourth-order valence-electron chi connectivity index (χ4n) is 5.43. The number of aryl methyl sites for hydroxylation is 1. The van der Waals surface area contributed by atoms with Crippen molar-refractivity contribution in [3.63, 3.8) is 0 Å². The van der Waals surface area contributed by atoms with Crippen LogP contribution in [0.15, 0.2) is 42.5 Å². The van der Waals surface area contributed by atoms with E-state index in [1.54, 1.807) is 0 Å². The lowest BCUT2D eigenvalue weighted by molar-refractivity contribution is -0.134. The second kappa shape index (κ2) is 11.0. The number of likely N-dealkylation sites (tertiary alicyclic amines) is 1. The zero-order valence-corrected chi connectivity index (χ0v) is 20.6. The lowest BCUT2D eigenvalue weighted by Gasteiger charge is -2.42. The molecule has 2 aliphatic rings. The minimum Gasteiger partial charge on any atom is -0.342 e. The van der Waals surface area contributed by atoms with Crippen molar-refractivity contribution in [2.75, 3.05) is 13.1 Å². The highest BCUT2D eigenvalue weighted by Crippen LogP contribution is 2.37. The van der Waals surface area contributed by atoms with Crippen molar-refractivity contribution in [1.82, 2.24) is 19.7 Å². The third-order valence-corrected chi connectivity index (χ3v) is 7.17. The lowest BCUT2D eigenvalue weighted by Crippen LogP contribution is -2.47. The topological polar surface area (TPSA) is 77.0 Å². The molecule has 0 spiro atoms. The van der Waals surface area contributed by atoms with E-state index in [0.29, 0.717) is 25.1 Å². The number of aromatic nitrogens is 3. The highest BCUT2D eigenvalue weighted by Gasteiger charge is 2.38. The summed E-state index contributed by atoms with van der Waals surface area (Å²) in [4.78, 5) is 14.8. The van der Waals surface area contributed by atoms with E-state index in [1.165, 1.54) is 5.56 Å². The number of nitrogens with two attached hydrogens (primary N) is 1. The highest BCUT2D eigenvalue weighted by molar-refractivity contribution is 5.85. The minimum absolute atomic E-state index is 0. The normalized spacial score (nSPS) is 19.7. The quantitative estimate of drug-likeness (QED) is 0.499. The van der Waals surface area contributed by atoms with Crippen LogP contribution in [0.3, 0.4) is 0 Å². The third kappa shape index (κ3) is 5.42. The standard InChI is InChI=1S/C26H28F3N5O.ClH/c27-20-14-22(29)21(28)12-18(20)11-19(30)13-26(35)33-9-8-23-17(15-33)6-7-24-31-32-25(34(23)24)10-16-4-2-1-3-5-16;/h1-5,12,14,17,19,23H,6-11,13,15,30H2;1H/t17-,19+,23+;/m0./s1. The van der Waals surface area contributed by atoms with Gasteiger partial charge < -0.3 is 15.2 Å². The molecule has 1 fully saturated rings. The van der Waals surface area contributed by atoms with Crippen LogP contribution in [0.5, 0.6) is 0 Å². The summed E-state index contributed by atoms with van der Waals surface area (Å²) in [5.41, 5.74) is 7.25. The Morgan fingerprint density at radius 2 is 1.81 bits per heavy atom. The molecule has 3 heterocycles. The molecule has 192 valence electrons. The van der Waals surface area contributed by atoms with Crippen molar-refractivity contribution in [3.05, 3.63) is 82.7 Å². The first-order valence-corrected chi connectivity index (χ1v) is 12.0. The second-order valence-electron chi connectivity index (χ2n) is 9.59. The van der Waals surface area contributed by atoms with Crippen LogP contribution in [-0.2, 0) is 24.1 Å². The van der Waals surface area contributed by atoms with Crippen molar-refractivity contribution in [2.24, 2.45) is 11.7 Å². The molecule has 1 amide bonds. The van der Waals surface area contributed by atoms with Gasteiger partial charge in [0.25, 0.3) is 0 Å². The van der Waals surface area contributed by atoms with E-state index in [4.69, 9.17) is 5.73 Å². The fraction of sp³-hybridized carbons (Fsp3) is 0.423. The Balaban J connectivity index is 0.00000304. The molecule has 2 aliphatic heterocycles. The number of carbonyl (C=O) groups is 1. The Labute approximate surface area is 214 Å². The summed E-state index contributed by atoms with van der Waals surface area (Å²) < 4.78 is 42.9. The number of amides is 1. The highest BCUT2D eigenvalue weighted by atomic mass is 35.5. The summed E-state index contributed by atoms with van der Waals surface area (Å²) in [5, 5.41) is 8.90. The predicted octanol–water partition coefficient (Wildman–Crippen LogP) is 4.00. The molecule has 1 saturated heterocycles. The average Bonchev–Trinajstić information content (AvgIpc) is 3.26. The number of fused-ring (bicyclic) bond motifs is 3. The lowest BCUT2D eigenvalue weighted by atomic mass is 9.84. The first kappa shape index (κ1) is 26.2. The third-order valence-electron chi connectivity index (χ3n) is 7.17. The van der Waals surface area contributed by atoms with Crippen LogP contribution in [0.4, 0.5) is 13.2 Å². The summed E-state index contributed by atoms with van der Waals surface area (Å²) in [6.07, 6.45) is 3.25. The molecule has 0 bridgehead atoms. The van der Waals surface area contributed by atoms with Crippen molar-refractivity contribution in [3.8, 4) is 0 Å². The van der Waals surface area contributed by atoms with E-state index in [0.717, 1.165) is 43.4 Å². The van der Waals surface area contributed by atoms with Gasteiger partial charge in [0.2, 0.25) is 5.91 Å². The molecule has 6 nitrogen and oxygen atoms in total. The van der Waals surface area contributed by atoms with E-state index in [2.05, 4.69) is 26.9 Å². The Kier molecular flexibility index (Phi) is 8.00. The fourth-order valence-corrected chi connectivity index (χ4v) is 5.43. The van der Waals surface area contributed by atoms with Gasteiger partial charge in [0.05, 0.1) is 0 Å². The molecule has 2 N–H and O–H groups in total. The van der Waals surface area contributed by atoms with Crippen LogP contribution in [0.25, 0.3) is 0 Å². The maximum atomic E-state index is 14.0. The maximum absolute atomic E-state index is 14.0. The predicted molar refractivity (Wildman–Crippen MR) is 131 cm³/mol. The molecule has 0 unspecified atom stereocenters. The number of carbonyl (C=O) groups excluding carboxylic acids is 1. The number of halogens is 4. The molecule has 10 heteroatoms. The van der Waals surface area contributed by atoms with E-state index in [-0.39, 0.29) is 42.8 Å². The maximum Gasteiger partial charge on any atom is 0.224 e. The zero-order chi connectivity index (χ0) is 24.5. The van der Waals surface area contributed by atoms with Crippen molar-refractivity contribution in [1.29, 1.82) is 0 Å². The molecule has 0 saturated carbocycles. The monoisotopic (exact) mass is 519 g/mol. The van der Waals surface area contributed by atoms with Crippen molar-refractivity contribution in [2.45, 2.75) is 50.6 Å². The van der Waals surface area contributed by atoms with Crippen LogP contribution < -0.4 is 5.73 Å². The summed E-state index contributed by atoms with van der Waals surface area (Å²) in [7, 11) is 0. The molecule has 3 aromatic rings. The molecular weight excluding hydrogens is 491 g/mol. The van der Waals surface area contributed by atoms with E-state index in [1.807, 2.05) is 23.1 Å². The first-order valence-electron chi connectivity index (χ1n) is 12.0. The summed E-state index contributed by atoms with van der Waals surface area (Å²) in [5.74, 6) is -1.06. The second-order valence-corrected chi connectivity index (χ2v) is 9.59. The average molecular weight is 520 g/mol. The molecule has 0 radical (unpaired) electrons. The number of hydrogen-bond acceptors (Lipinski definition) is 4. The number of piperidine rings is 1. The van der Waals surface area contributed by atoms with Crippen molar-refractivity contribution >= 4 is 18.3 Å². The van der Waals surface area contributed by atoms with Gasteiger partial charge in [0, 0.05) is 50.5 Å². The first-order chi connectivity index (χ1) is 16.9. The van der Waals surface area contributed by atoms with Gasteiger partial charge in [-0.25, -0.2) is 13.2 Å². The smallest absolute Gasteiger partial charge is 0.224 e. The van der Waals surface area contributed by atoms with E-state index >= 15 is 0 Å². The van der Waals surface area contributed by atoms with Gasteiger partial charge >= 0.3 is 0 Å². The Morgan fingerprint density at radius 3 is 2.58 bits per heavy atom. The summed E-state index contributed by atoms with van der Waals surface area (Å²) >= 11 is 0. The van der Waals surface area contributed by atoms with Crippen LogP contribution in [0.1, 0.15) is 48.1 Å². The zero-order valence-electron chi connectivity index (χ0n) is 19.7. The molecule has 2 aromatic carbocycles. The van der Waals surface area contributed by atoms with Gasteiger partial charge in [-0.2, -0.15) is 0 Å². The van der Waals surface area contributed by atoms with Gasteiger partial charge in [-0.3, -0.25) is 4.79 Å². The molecule has 5 rings (SSSR count). The Bertz CT molecular complexity index is 1220. The van der Waals surface area contributed by atoms with Crippen LogP contribution >= 0.6 is 12.4 Å². The van der Waals surface area contributed by atoms with Gasteiger partial charge in [0.15, 0.2) is 11.6 Å². The van der Waals surface area contributed by atoms with Crippen LogP contribution in [-0.4, -0.2) is 44.7 Å². The molecule has 36 heavy (non-hydrogen) atoms. The number of rotatable bonds is 6. The molecule has 1 aromatic heterocycles. The largest absolute Gasteiger partial charge is 0.342 e. The van der Waals surface area contributed by atoms with Crippen LogP contribution in [0.2, 0.25) is 0 Å². The SMILES string of the molecule is Cl.N[C@@H](CC(=O)N1CC[C@@H]2[C@@H](CCc3nnc(Cc4ccccc4)n32)C1)Cc1cc(F)c(F)cc1F. The summed E-state index contributed by atoms with van der Waals surface area (Å²) in [6.45, 7) is 1.22. The van der Waals surface area contributed by atoms with Crippen molar-refractivity contribution < 1.29 is 18.0 Å². The number of hydrogen-bond donors (Lipinski definition) is 1. The van der Waals surface area contributed by atoms with Gasteiger partial charge in [0.1, 0.15) is 17.5 Å². The molecule has 0 aliphatic carbocycles. The van der Waals surface area contributed by atoms with E-state index in [9.17, 15) is 18.0 Å². The van der Waals surface area contributed by atoms with E-state index < -0.39 is 23.5 Å². The molecule has 3 atom stereocenters. The van der Waals surface area contributed by atoms with Gasteiger partial charge in [-0.05, 0) is 42.4 Å². The van der Waals surface area contributed by atoms with Gasteiger partial charge in [-0.15, -0.1) is 22.6 Å². The Morgan fingerprint density at radius 1 is 1.06 bits per heavy atom.